The van der Waals surface area contributed by atoms with Crippen LogP contribution in [0.2, 0.25) is 0 Å². The number of rotatable bonds is 2. The van der Waals surface area contributed by atoms with Crippen molar-refractivity contribution in [2.24, 2.45) is 5.41 Å². The largest absolute Gasteiger partial charge is 0.404 e. The highest BCUT2D eigenvalue weighted by molar-refractivity contribution is 5.01. The lowest BCUT2D eigenvalue weighted by Gasteiger charge is -2.34. The third-order valence-corrected chi connectivity index (χ3v) is 3.04. The molecule has 1 N–H and O–H groups in total. The fourth-order valence-electron chi connectivity index (χ4n) is 2.19. The highest BCUT2D eigenvalue weighted by Gasteiger charge is 2.72. The van der Waals surface area contributed by atoms with E-state index >= 15 is 0 Å². The molecule has 0 bridgehead atoms. The normalized spacial score (nSPS) is 22.5. The molecular weight excluding hydrogens is 264 g/mol. The van der Waals surface area contributed by atoms with Gasteiger partial charge in [0.05, 0.1) is 5.60 Å². The molecule has 0 unspecified atom stereocenters. The first kappa shape index (κ1) is 15.6. The average molecular weight is 279 g/mol. The second kappa shape index (κ2) is 4.26. The molecule has 8 heteroatoms. The minimum atomic E-state index is -5.33. The molecule has 0 spiro atoms. The van der Waals surface area contributed by atoms with E-state index in [1.807, 2.05) is 0 Å². The molecule has 0 aromatic rings. The van der Waals surface area contributed by atoms with Crippen LogP contribution in [0.25, 0.3) is 0 Å². The number of halogens is 6. The molecule has 0 saturated carbocycles. The molecule has 0 aliphatic carbocycles. The van der Waals surface area contributed by atoms with Crippen molar-refractivity contribution in [2.75, 3.05) is 19.6 Å². The Morgan fingerprint density at radius 3 is 1.78 bits per heavy atom. The van der Waals surface area contributed by atoms with Crippen molar-refractivity contribution in [3.05, 3.63) is 0 Å². The maximum atomic E-state index is 12.7. The Labute approximate surface area is 101 Å². The third kappa shape index (κ3) is 2.90. The molecule has 0 amide bonds. The van der Waals surface area contributed by atoms with Crippen LogP contribution in [-0.2, 0) is 0 Å². The summed E-state index contributed by atoms with van der Waals surface area (Å²) in [7, 11) is 0. The van der Waals surface area contributed by atoms with Gasteiger partial charge in [-0.1, -0.05) is 0 Å². The van der Waals surface area contributed by atoms with Crippen molar-refractivity contribution >= 4 is 0 Å². The van der Waals surface area contributed by atoms with E-state index in [1.54, 1.807) is 0 Å². The van der Waals surface area contributed by atoms with Gasteiger partial charge in [0.25, 0.3) is 0 Å². The molecule has 18 heavy (non-hydrogen) atoms. The van der Waals surface area contributed by atoms with Gasteiger partial charge in [0.2, 0.25) is 0 Å². The highest BCUT2D eigenvalue weighted by Crippen LogP contribution is 2.55. The Bertz CT molecular complexity index is 289. The lowest BCUT2D eigenvalue weighted by atomic mass is 9.85. The number of hydrogen-bond donors (Lipinski definition) is 1. The fraction of sp³-hybridized carbons (Fsp3) is 1.00. The Balaban J connectivity index is 2.93. The SMILES string of the molecule is CC(C)(O)CN1CCC(C(F)(F)F)(C(F)(F)F)C1. The molecular formula is C10H15F6NO. The lowest BCUT2D eigenvalue weighted by Crippen LogP contribution is -2.52. The van der Waals surface area contributed by atoms with Crippen LogP contribution in [0.5, 0.6) is 0 Å². The van der Waals surface area contributed by atoms with Gasteiger partial charge in [0.1, 0.15) is 0 Å². The Hall–Kier alpha value is -0.500. The number of hydrogen-bond acceptors (Lipinski definition) is 2. The minimum absolute atomic E-state index is 0.221. The van der Waals surface area contributed by atoms with Gasteiger partial charge >= 0.3 is 12.4 Å². The Kier molecular flexibility index (Phi) is 3.68. The number of β-amino-alcohol motifs (C(OH)–C–C–N with tert-alkyl or cyclic N) is 1. The zero-order valence-corrected chi connectivity index (χ0v) is 9.99. The predicted molar refractivity (Wildman–Crippen MR) is 51.9 cm³/mol. The number of likely N-dealkylation sites (tertiary alicyclic amines) is 1. The van der Waals surface area contributed by atoms with Crippen LogP contribution in [-0.4, -0.2) is 47.6 Å². The van der Waals surface area contributed by atoms with Gasteiger partial charge in [0.15, 0.2) is 5.41 Å². The number of alkyl halides is 6. The fourth-order valence-corrected chi connectivity index (χ4v) is 2.19. The molecule has 1 aliphatic heterocycles. The van der Waals surface area contributed by atoms with E-state index in [4.69, 9.17) is 0 Å². The quantitative estimate of drug-likeness (QED) is 0.785. The minimum Gasteiger partial charge on any atom is -0.389 e. The maximum Gasteiger partial charge on any atom is 0.404 e. The average Bonchev–Trinajstić information content (AvgIpc) is 2.43. The van der Waals surface area contributed by atoms with E-state index in [9.17, 15) is 31.4 Å². The summed E-state index contributed by atoms with van der Waals surface area (Å²) in [6, 6.07) is 0. The van der Waals surface area contributed by atoms with Crippen LogP contribution in [0, 0.1) is 5.41 Å². The van der Waals surface area contributed by atoms with Gasteiger partial charge in [-0.25, -0.2) is 0 Å². The van der Waals surface area contributed by atoms with Crippen LogP contribution in [0.1, 0.15) is 20.3 Å². The van der Waals surface area contributed by atoms with Crippen molar-refractivity contribution in [1.82, 2.24) is 4.90 Å². The lowest BCUT2D eigenvalue weighted by molar-refractivity contribution is -0.335. The topological polar surface area (TPSA) is 23.5 Å². The van der Waals surface area contributed by atoms with Gasteiger partial charge < -0.3 is 5.11 Å². The van der Waals surface area contributed by atoms with Gasteiger partial charge in [-0.2, -0.15) is 26.3 Å². The van der Waals surface area contributed by atoms with E-state index in [-0.39, 0.29) is 13.1 Å². The summed E-state index contributed by atoms with van der Waals surface area (Å²) in [6.07, 6.45) is -11.7. The highest BCUT2D eigenvalue weighted by atomic mass is 19.4. The Morgan fingerprint density at radius 2 is 1.50 bits per heavy atom. The van der Waals surface area contributed by atoms with E-state index in [0.29, 0.717) is 0 Å². The number of nitrogens with zero attached hydrogens (tertiary/aromatic N) is 1. The molecule has 1 rings (SSSR count). The third-order valence-electron chi connectivity index (χ3n) is 3.04. The molecule has 0 aromatic carbocycles. The molecule has 1 aliphatic rings. The standard InChI is InChI=1S/C10H15F6NO/c1-7(2,18)5-17-4-3-8(6-17,9(11,12)13)10(14,15)16/h18H,3-6H2,1-2H3. The van der Waals surface area contributed by atoms with Crippen molar-refractivity contribution in [1.29, 1.82) is 0 Å². The second-order valence-corrected chi connectivity index (χ2v) is 5.35. The van der Waals surface area contributed by atoms with Crippen LogP contribution in [0.3, 0.4) is 0 Å². The van der Waals surface area contributed by atoms with Crippen molar-refractivity contribution < 1.29 is 31.4 Å². The second-order valence-electron chi connectivity index (χ2n) is 5.35. The van der Waals surface area contributed by atoms with Gasteiger partial charge in [-0.15, -0.1) is 0 Å². The van der Waals surface area contributed by atoms with Crippen LogP contribution in [0.15, 0.2) is 0 Å². The van der Waals surface area contributed by atoms with E-state index in [1.165, 1.54) is 13.8 Å². The monoisotopic (exact) mass is 279 g/mol. The summed E-state index contributed by atoms with van der Waals surface area (Å²) < 4.78 is 76.3. The molecule has 0 atom stereocenters. The smallest absolute Gasteiger partial charge is 0.389 e. The molecule has 1 fully saturated rings. The molecule has 0 aromatic heterocycles. The van der Waals surface area contributed by atoms with E-state index in [0.717, 1.165) is 4.90 Å². The first-order valence-electron chi connectivity index (χ1n) is 5.37. The molecule has 1 saturated heterocycles. The van der Waals surface area contributed by atoms with E-state index in [2.05, 4.69) is 0 Å². The first-order valence-corrected chi connectivity index (χ1v) is 5.37. The summed E-state index contributed by atoms with van der Waals surface area (Å²) in [5.74, 6) is 0. The van der Waals surface area contributed by atoms with Gasteiger partial charge in [0, 0.05) is 13.1 Å². The summed E-state index contributed by atoms with van der Waals surface area (Å²) in [5.41, 5.74) is -5.00. The van der Waals surface area contributed by atoms with Crippen LogP contribution in [0.4, 0.5) is 26.3 Å². The number of aliphatic hydroxyl groups is 1. The van der Waals surface area contributed by atoms with Gasteiger partial charge in [-0.05, 0) is 26.8 Å². The first-order chi connectivity index (χ1) is 7.79. The maximum absolute atomic E-state index is 12.7. The Morgan fingerprint density at radius 1 is 1.06 bits per heavy atom. The molecule has 0 radical (unpaired) electrons. The van der Waals surface area contributed by atoms with E-state index < -0.39 is 36.3 Å². The van der Waals surface area contributed by atoms with Crippen LogP contribution >= 0.6 is 0 Å². The molecule has 2 nitrogen and oxygen atoms in total. The summed E-state index contributed by atoms with van der Waals surface area (Å²) in [6.45, 7) is 0.982. The summed E-state index contributed by atoms with van der Waals surface area (Å²) in [4.78, 5) is 1.00. The zero-order chi connectivity index (χ0) is 14.4. The van der Waals surface area contributed by atoms with Crippen molar-refractivity contribution in [3.63, 3.8) is 0 Å². The van der Waals surface area contributed by atoms with Crippen molar-refractivity contribution in [3.8, 4) is 0 Å². The van der Waals surface area contributed by atoms with Gasteiger partial charge in [-0.3, -0.25) is 4.90 Å². The van der Waals surface area contributed by atoms with Crippen LogP contribution < -0.4 is 0 Å². The predicted octanol–water partition coefficient (Wildman–Crippen LogP) is 2.57. The molecule has 1 heterocycles. The summed E-state index contributed by atoms with van der Waals surface area (Å²) >= 11 is 0. The zero-order valence-electron chi connectivity index (χ0n) is 9.99. The molecule has 108 valence electrons. The summed E-state index contributed by atoms with van der Waals surface area (Å²) in [5, 5.41) is 9.45. The van der Waals surface area contributed by atoms with Crippen molar-refractivity contribution in [2.45, 2.75) is 38.2 Å².